The summed E-state index contributed by atoms with van der Waals surface area (Å²) in [5.41, 5.74) is 4.97. The Labute approximate surface area is 122 Å². The van der Waals surface area contributed by atoms with Crippen molar-refractivity contribution in [2.45, 2.75) is 26.4 Å². The van der Waals surface area contributed by atoms with Crippen LogP contribution in [0.2, 0.25) is 0 Å². The lowest BCUT2D eigenvalue weighted by molar-refractivity contribution is 0.0526. The number of carbonyl (C=O) groups is 2. The molecule has 1 aromatic carbocycles. The number of hydrogen-bond donors (Lipinski definition) is 3. The Balaban J connectivity index is 2.36. The molecule has 21 heavy (non-hydrogen) atoms. The van der Waals surface area contributed by atoms with Crippen molar-refractivity contribution in [2.24, 2.45) is 0 Å². The van der Waals surface area contributed by atoms with E-state index >= 15 is 0 Å². The molecule has 0 aliphatic carbocycles. The van der Waals surface area contributed by atoms with Gasteiger partial charge in [-0.1, -0.05) is 0 Å². The molecule has 0 fully saturated rings. The molecule has 0 aromatic heterocycles. The van der Waals surface area contributed by atoms with Crippen LogP contribution >= 0.6 is 0 Å². The van der Waals surface area contributed by atoms with Gasteiger partial charge >= 0.3 is 6.09 Å². The molecule has 1 rings (SSSR count). The molecule has 0 saturated carbocycles. The molecule has 2 amide bonds. The van der Waals surface area contributed by atoms with Gasteiger partial charge in [0.25, 0.3) is 5.91 Å². The molecule has 0 aliphatic heterocycles. The van der Waals surface area contributed by atoms with E-state index in [-0.39, 0.29) is 24.3 Å². The SMILES string of the molecule is CC(C)(C)OC(=O)NCCNC(=O)c1ccc(N)cc1F. The molecule has 0 heterocycles. The first kappa shape index (κ1) is 16.7. The molecule has 116 valence electrons. The average Bonchev–Trinajstić information content (AvgIpc) is 2.32. The van der Waals surface area contributed by atoms with Crippen LogP contribution in [0.1, 0.15) is 31.1 Å². The summed E-state index contributed by atoms with van der Waals surface area (Å²) in [5.74, 6) is -1.26. The standard InChI is InChI=1S/C14H20FN3O3/c1-14(2,3)21-13(20)18-7-6-17-12(19)10-5-4-9(16)8-11(10)15/h4-5,8H,6-7,16H2,1-3H3,(H,17,19)(H,18,20). The van der Waals surface area contributed by atoms with Gasteiger partial charge in [0.15, 0.2) is 0 Å². The van der Waals surface area contributed by atoms with Gasteiger partial charge in [-0.15, -0.1) is 0 Å². The highest BCUT2D eigenvalue weighted by atomic mass is 19.1. The zero-order valence-corrected chi connectivity index (χ0v) is 12.3. The third-order valence-corrected chi connectivity index (χ3v) is 2.32. The van der Waals surface area contributed by atoms with Crippen LogP contribution in [-0.4, -0.2) is 30.7 Å². The summed E-state index contributed by atoms with van der Waals surface area (Å²) in [6.07, 6.45) is -0.574. The lowest BCUT2D eigenvalue weighted by Gasteiger charge is -2.19. The third-order valence-electron chi connectivity index (χ3n) is 2.32. The van der Waals surface area contributed by atoms with E-state index in [0.29, 0.717) is 0 Å². The van der Waals surface area contributed by atoms with Gasteiger partial charge in [0, 0.05) is 18.8 Å². The summed E-state index contributed by atoms with van der Waals surface area (Å²) in [6.45, 7) is 5.58. The number of halogens is 1. The maximum atomic E-state index is 13.5. The number of amides is 2. The molecule has 0 radical (unpaired) electrons. The highest BCUT2D eigenvalue weighted by molar-refractivity contribution is 5.94. The Morgan fingerprint density at radius 3 is 2.43 bits per heavy atom. The van der Waals surface area contributed by atoms with Crippen LogP contribution in [0.25, 0.3) is 0 Å². The molecule has 6 nitrogen and oxygen atoms in total. The fourth-order valence-corrected chi connectivity index (χ4v) is 1.47. The molecule has 0 aliphatic rings. The van der Waals surface area contributed by atoms with Gasteiger partial charge in [-0.25, -0.2) is 9.18 Å². The Bertz CT molecular complexity index is 527. The van der Waals surface area contributed by atoms with Crippen LogP contribution in [-0.2, 0) is 4.74 Å². The van der Waals surface area contributed by atoms with Crippen LogP contribution in [0.5, 0.6) is 0 Å². The van der Waals surface area contributed by atoms with Crippen molar-refractivity contribution in [3.8, 4) is 0 Å². The Hall–Kier alpha value is -2.31. The van der Waals surface area contributed by atoms with Crippen molar-refractivity contribution < 1.29 is 18.7 Å². The van der Waals surface area contributed by atoms with Crippen molar-refractivity contribution >= 4 is 17.7 Å². The summed E-state index contributed by atoms with van der Waals surface area (Å²) >= 11 is 0. The minimum atomic E-state index is -0.687. The average molecular weight is 297 g/mol. The van der Waals surface area contributed by atoms with Crippen molar-refractivity contribution in [1.82, 2.24) is 10.6 Å². The number of hydrogen-bond acceptors (Lipinski definition) is 4. The summed E-state index contributed by atoms with van der Waals surface area (Å²) in [7, 11) is 0. The number of nitrogens with one attached hydrogen (secondary N) is 2. The van der Waals surface area contributed by atoms with E-state index in [1.165, 1.54) is 12.1 Å². The number of ether oxygens (including phenoxy) is 1. The summed E-state index contributed by atoms with van der Waals surface area (Å²) in [6, 6.07) is 3.83. The number of carbonyl (C=O) groups excluding carboxylic acids is 2. The molecule has 0 bridgehead atoms. The number of anilines is 1. The largest absolute Gasteiger partial charge is 0.444 e. The summed E-state index contributed by atoms with van der Waals surface area (Å²) in [5, 5.41) is 4.97. The molecule has 0 atom stereocenters. The fraction of sp³-hybridized carbons (Fsp3) is 0.429. The fourth-order valence-electron chi connectivity index (χ4n) is 1.47. The van der Waals surface area contributed by atoms with Crippen molar-refractivity contribution in [1.29, 1.82) is 0 Å². The second kappa shape index (κ2) is 6.92. The van der Waals surface area contributed by atoms with E-state index in [2.05, 4.69) is 10.6 Å². The van der Waals surface area contributed by atoms with Crippen LogP contribution in [0, 0.1) is 5.82 Å². The molecule has 0 saturated heterocycles. The van der Waals surface area contributed by atoms with Gasteiger partial charge < -0.3 is 21.1 Å². The highest BCUT2D eigenvalue weighted by Crippen LogP contribution is 2.11. The Morgan fingerprint density at radius 2 is 1.86 bits per heavy atom. The lowest BCUT2D eigenvalue weighted by atomic mass is 10.2. The number of rotatable bonds is 4. The summed E-state index contributed by atoms with van der Waals surface area (Å²) < 4.78 is 18.5. The first-order valence-electron chi connectivity index (χ1n) is 6.49. The Kier molecular flexibility index (Phi) is 5.52. The molecule has 7 heteroatoms. The topological polar surface area (TPSA) is 93.5 Å². The second-order valence-corrected chi connectivity index (χ2v) is 5.42. The number of alkyl carbamates (subject to hydrolysis) is 1. The monoisotopic (exact) mass is 297 g/mol. The number of benzene rings is 1. The summed E-state index contributed by atoms with van der Waals surface area (Å²) in [4.78, 5) is 23.1. The van der Waals surface area contributed by atoms with Crippen molar-refractivity contribution in [3.63, 3.8) is 0 Å². The van der Waals surface area contributed by atoms with Crippen LogP contribution in [0.3, 0.4) is 0 Å². The van der Waals surface area contributed by atoms with E-state index < -0.39 is 23.4 Å². The van der Waals surface area contributed by atoms with Crippen LogP contribution < -0.4 is 16.4 Å². The predicted octanol–water partition coefficient (Wildman–Crippen LogP) is 1.66. The first-order chi connectivity index (χ1) is 9.69. The van der Waals surface area contributed by atoms with Gasteiger partial charge in [0.05, 0.1) is 5.56 Å². The molecule has 0 unspecified atom stereocenters. The van der Waals surface area contributed by atoms with Gasteiger partial charge in [0.1, 0.15) is 11.4 Å². The zero-order valence-electron chi connectivity index (χ0n) is 12.3. The van der Waals surface area contributed by atoms with Gasteiger partial charge in [0.2, 0.25) is 0 Å². The smallest absolute Gasteiger partial charge is 0.407 e. The maximum Gasteiger partial charge on any atom is 0.407 e. The molecular weight excluding hydrogens is 277 g/mol. The van der Waals surface area contributed by atoms with E-state index in [1.54, 1.807) is 20.8 Å². The third kappa shape index (κ3) is 6.11. The van der Waals surface area contributed by atoms with Gasteiger partial charge in [-0.05, 0) is 39.0 Å². The minimum absolute atomic E-state index is 0.0959. The molecule has 1 aromatic rings. The van der Waals surface area contributed by atoms with Gasteiger partial charge in [-0.3, -0.25) is 4.79 Å². The van der Waals surface area contributed by atoms with E-state index in [4.69, 9.17) is 10.5 Å². The zero-order chi connectivity index (χ0) is 16.0. The molecule has 4 N–H and O–H groups in total. The minimum Gasteiger partial charge on any atom is -0.444 e. The lowest BCUT2D eigenvalue weighted by Crippen LogP contribution is -2.38. The van der Waals surface area contributed by atoms with Crippen LogP contribution in [0.4, 0.5) is 14.9 Å². The number of nitrogens with two attached hydrogens (primary N) is 1. The second-order valence-electron chi connectivity index (χ2n) is 5.42. The maximum absolute atomic E-state index is 13.5. The van der Waals surface area contributed by atoms with E-state index in [9.17, 15) is 14.0 Å². The quantitative estimate of drug-likeness (QED) is 0.582. The molecule has 0 spiro atoms. The van der Waals surface area contributed by atoms with Crippen molar-refractivity contribution in [2.75, 3.05) is 18.8 Å². The van der Waals surface area contributed by atoms with Crippen LogP contribution in [0.15, 0.2) is 18.2 Å². The van der Waals surface area contributed by atoms with Gasteiger partial charge in [-0.2, -0.15) is 0 Å². The van der Waals surface area contributed by atoms with E-state index in [0.717, 1.165) is 6.07 Å². The molecular formula is C14H20FN3O3. The first-order valence-corrected chi connectivity index (χ1v) is 6.49. The number of nitrogen functional groups attached to an aromatic ring is 1. The Morgan fingerprint density at radius 1 is 1.24 bits per heavy atom. The highest BCUT2D eigenvalue weighted by Gasteiger charge is 2.16. The normalized spacial score (nSPS) is 10.9. The predicted molar refractivity (Wildman–Crippen MR) is 77.4 cm³/mol. The van der Waals surface area contributed by atoms with Crippen molar-refractivity contribution in [3.05, 3.63) is 29.6 Å². The van der Waals surface area contributed by atoms with E-state index in [1.807, 2.05) is 0 Å².